The van der Waals surface area contributed by atoms with Gasteiger partial charge in [-0.3, -0.25) is 0 Å². The Bertz CT molecular complexity index is 397. The molecule has 2 unspecified atom stereocenters. The molecule has 2 atom stereocenters. The molecule has 2 aliphatic rings. The van der Waals surface area contributed by atoms with Crippen molar-refractivity contribution in [3.05, 3.63) is 35.9 Å². The van der Waals surface area contributed by atoms with Gasteiger partial charge in [-0.05, 0) is 30.5 Å². The second kappa shape index (κ2) is 2.96. The molecule has 2 N–H and O–H groups in total. The molecule has 70 valence electrons. The summed E-state index contributed by atoms with van der Waals surface area (Å²) in [5.41, 5.74) is 7.80. The van der Waals surface area contributed by atoms with Gasteiger partial charge in [0.25, 0.3) is 0 Å². The average molecular weight is 201 g/mol. The Morgan fingerprint density at radius 1 is 1.43 bits per heavy atom. The summed E-state index contributed by atoms with van der Waals surface area (Å²) < 4.78 is 0. The molecule has 0 fully saturated rings. The molecule has 0 amide bonds. The third-order valence-corrected chi connectivity index (χ3v) is 4.29. The van der Waals surface area contributed by atoms with Gasteiger partial charge in [-0.1, -0.05) is 18.2 Å². The summed E-state index contributed by atoms with van der Waals surface area (Å²) in [5.74, 6) is 0.567. The topological polar surface area (TPSA) is 26.0 Å². The van der Waals surface area contributed by atoms with Crippen molar-refractivity contribution in [3.63, 3.8) is 0 Å². The van der Waals surface area contributed by atoms with E-state index in [0.717, 1.165) is 0 Å². The van der Waals surface area contributed by atoms with Crippen LogP contribution in [0, 0.1) is 12.1 Å². The van der Waals surface area contributed by atoms with E-state index in [-0.39, 0.29) is 0 Å². The van der Waals surface area contributed by atoms with Crippen LogP contribution in [0.1, 0.15) is 24.3 Å². The molecule has 3 rings (SSSR count). The zero-order valence-electron chi connectivity index (χ0n) is 7.79. The van der Waals surface area contributed by atoms with Gasteiger partial charge in [0.2, 0.25) is 0 Å². The van der Waals surface area contributed by atoms with E-state index >= 15 is 0 Å². The third-order valence-electron chi connectivity index (χ3n) is 2.88. The molecule has 0 bridgehead atoms. The lowest BCUT2D eigenvalue weighted by atomic mass is 9.89. The second-order valence-corrected chi connectivity index (χ2v) is 5.07. The summed E-state index contributed by atoms with van der Waals surface area (Å²) in [5, 5.41) is 0.710. The van der Waals surface area contributed by atoms with Crippen LogP contribution < -0.4 is 5.73 Å². The maximum absolute atomic E-state index is 5.73. The number of rotatable bonds is 0. The van der Waals surface area contributed by atoms with Crippen molar-refractivity contribution in [2.75, 3.05) is 5.73 Å². The van der Waals surface area contributed by atoms with E-state index in [1.54, 1.807) is 0 Å². The van der Waals surface area contributed by atoms with Gasteiger partial charge < -0.3 is 5.73 Å². The minimum absolute atomic E-state index is 0.567. The minimum atomic E-state index is 0.567. The van der Waals surface area contributed by atoms with Crippen molar-refractivity contribution < 1.29 is 0 Å². The average Bonchev–Trinajstić information content (AvgIpc) is 2.56. The number of thioether (sulfide) groups is 1. The molecule has 0 aromatic heterocycles. The lowest BCUT2D eigenvalue weighted by Crippen LogP contribution is -2.10. The first-order valence-electron chi connectivity index (χ1n) is 4.91. The number of hydrogen-bond acceptors (Lipinski definition) is 2. The van der Waals surface area contributed by atoms with E-state index in [1.165, 1.54) is 23.3 Å². The Kier molecular flexibility index (Phi) is 1.75. The van der Waals surface area contributed by atoms with E-state index < -0.39 is 0 Å². The third kappa shape index (κ3) is 1.13. The molecule has 0 saturated carbocycles. The van der Waals surface area contributed by atoms with E-state index in [1.807, 2.05) is 11.8 Å². The number of hydrogen-bond donors (Lipinski definition) is 1. The van der Waals surface area contributed by atoms with Crippen molar-refractivity contribution in [1.82, 2.24) is 0 Å². The normalized spacial score (nSPS) is 28.0. The Morgan fingerprint density at radius 3 is 3.29 bits per heavy atom. The van der Waals surface area contributed by atoms with E-state index in [0.29, 0.717) is 16.9 Å². The first kappa shape index (κ1) is 8.26. The van der Waals surface area contributed by atoms with Gasteiger partial charge in [0.1, 0.15) is 0 Å². The number of anilines is 1. The van der Waals surface area contributed by atoms with Crippen molar-refractivity contribution in [3.8, 4) is 0 Å². The highest BCUT2D eigenvalue weighted by Gasteiger charge is 2.32. The number of nitrogens with two attached hydrogens (primary N) is 1. The van der Waals surface area contributed by atoms with Gasteiger partial charge in [-0.15, -0.1) is 11.8 Å². The standard InChI is InChI=1S/C12H11NS/c13-8-5-6-12-10(7-8)9-3-1-2-4-11(9)14-12/h1,3,7,9,11H,2,4,13H2. The highest BCUT2D eigenvalue weighted by Crippen LogP contribution is 2.49. The molecule has 1 nitrogen and oxygen atoms in total. The zero-order valence-corrected chi connectivity index (χ0v) is 8.60. The van der Waals surface area contributed by atoms with E-state index in [9.17, 15) is 0 Å². The van der Waals surface area contributed by atoms with Gasteiger partial charge in [0.15, 0.2) is 0 Å². The molecule has 0 radical (unpaired) electrons. The van der Waals surface area contributed by atoms with Crippen LogP contribution in [0.3, 0.4) is 0 Å². The Morgan fingerprint density at radius 2 is 2.36 bits per heavy atom. The summed E-state index contributed by atoms with van der Waals surface area (Å²) in [4.78, 5) is 1.25. The molecular weight excluding hydrogens is 190 g/mol. The van der Waals surface area contributed by atoms with Gasteiger partial charge in [-0.25, -0.2) is 0 Å². The highest BCUT2D eigenvalue weighted by molar-refractivity contribution is 8.00. The molecule has 0 spiro atoms. The minimum Gasteiger partial charge on any atom is -0.392 e. The van der Waals surface area contributed by atoms with Gasteiger partial charge in [-0.2, -0.15) is 0 Å². The lowest BCUT2D eigenvalue weighted by molar-refractivity contribution is 0.683. The van der Waals surface area contributed by atoms with Crippen molar-refractivity contribution in [2.24, 2.45) is 0 Å². The van der Waals surface area contributed by atoms with E-state index in [4.69, 9.17) is 5.73 Å². The predicted molar refractivity (Wildman–Crippen MR) is 59.3 cm³/mol. The van der Waals surface area contributed by atoms with Gasteiger partial charge in [0.05, 0.1) is 10.6 Å². The molecule has 1 aliphatic heterocycles. The summed E-state index contributed by atoms with van der Waals surface area (Å²) in [6.45, 7) is 0. The van der Waals surface area contributed by atoms with Gasteiger partial charge in [0, 0.05) is 11.2 Å². The fourth-order valence-electron chi connectivity index (χ4n) is 2.21. The maximum Gasteiger partial charge on any atom is 0.0834 e. The molecule has 1 heterocycles. The van der Waals surface area contributed by atoms with E-state index in [2.05, 4.69) is 30.4 Å². The molecule has 14 heavy (non-hydrogen) atoms. The van der Waals surface area contributed by atoms with Crippen LogP contribution >= 0.6 is 11.8 Å². The lowest BCUT2D eigenvalue weighted by Gasteiger charge is -2.18. The van der Waals surface area contributed by atoms with Crippen molar-refractivity contribution in [2.45, 2.75) is 28.9 Å². The fourth-order valence-corrected chi connectivity index (χ4v) is 3.59. The summed E-state index contributed by atoms with van der Waals surface area (Å²) >= 11 is 1.94. The van der Waals surface area contributed by atoms with Gasteiger partial charge >= 0.3 is 0 Å². The Balaban J connectivity index is 2.09. The van der Waals surface area contributed by atoms with Crippen LogP contribution in [0.2, 0.25) is 0 Å². The molecular formula is C12H11NS. The molecule has 0 saturated heterocycles. The number of allylic oxidation sites excluding steroid dienone is 2. The second-order valence-electron chi connectivity index (χ2n) is 3.82. The SMILES string of the molecule is Nc1c#cc2c(c1)C1C=CCCC1S2. The summed E-state index contributed by atoms with van der Waals surface area (Å²) in [6.07, 6.45) is 7.08. The summed E-state index contributed by atoms with van der Waals surface area (Å²) in [6, 6.07) is 8.16. The number of nitrogen functional groups attached to an aromatic ring is 1. The highest BCUT2D eigenvalue weighted by atomic mass is 32.2. The molecule has 2 heteroatoms. The first-order chi connectivity index (χ1) is 6.84. The van der Waals surface area contributed by atoms with Crippen LogP contribution in [0.15, 0.2) is 23.1 Å². The number of fused-ring (bicyclic) bond motifs is 3. The van der Waals surface area contributed by atoms with Crippen LogP contribution in [0.5, 0.6) is 0 Å². The smallest absolute Gasteiger partial charge is 0.0834 e. The van der Waals surface area contributed by atoms with Crippen LogP contribution in [0.4, 0.5) is 5.69 Å². The Hall–Kier alpha value is -1.07. The molecule has 1 aromatic rings. The van der Waals surface area contributed by atoms with Crippen LogP contribution in [0.25, 0.3) is 0 Å². The predicted octanol–water partition coefficient (Wildman–Crippen LogP) is 2.78. The monoisotopic (exact) mass is 201 g/mol. The Labute approximate surface area is 88.4 Å². The summed E-state index contributed by atoms with van der Waals surface area (Å²) in [7, 11) is 0. The van der Waals surface area contributed by atoms with Crippen molar-refractivity contribution in [1.29, 1.82) is 0 Å². The van der Waals surface area contributed by atoms with Crippen molar-refractivity contribution >= 4 is 17.4 Å². The van der Waals surface area contributed by atoms with Crippen LogP contribution in [-0.2, 0) is 0 Å². The fraction of sp³-hybridized carbons (Fsp3) is 0.333. The largest absolute Gasteiger partial charge is 0.392 e. The zero-order chi connectivity index (χ0) is 9.54. The molecule has 1 aromatic carbocycles. The first-order valence-corrected chi connectivity index (χ1v) is 5.79. The van der Waals surface area contributed by atoms with Crippen LogP contribution in [-0.4, -0.2) is 5.25 Å². The molecule has 1 aliphatic carbocycles. The quantitative estimate of drug-likeness (QED) is 0.653. The maximum atomic E-state index is 5.73.